The van der Waals surface area contributed by atoms with Crippen molar-refractivity contribution >= 4 is 0 Å². The Bertz CT molecular complexity index is 496. The van der Waals surface area contributed by atoms with Crippen LogP contribution in [0.15, 0.2) is 60.7 Å². The number of rotatable bonds is 6. The second kappa shape index (κ2) is 6.74. The molecule has 0 saturated heterocycles. The Morgan fingerprint density at radius 3 is 1.95 bits per heavy atom. The Morgan fingerprint density at radius 2 is 1.40 bits per heavy atom. The Morgan fingerprint density at radius 1 is 0.850 bits per heavy atom. The molecule has 0 aliphatic rings. The van der Waals surface area contributed by atoms with Crippen LogP contribution in [0.3, 0.4) is 0 Å². The third-order valence-electron chi connectivity index (χ3n) is 4.62. The molecule has 0 aliphatic carbocycles. The molecular formula is C20H26. The zero-order valence-electron chi connectivity index (χ0n) is 13.0. The molecule has 106 valence electrons. The summed E-state index contributed by atoms with van der Waals surface area (Å²) in [5, 5.41) is 0. The minimum Gasteiger partial charge on any atom is -0.0649 e. The lowest BCUT2D eigenvalue weighted by atomic mass is 9.71. The summed E-state index contributed by atoms with van der Waals surface area (Å²) in [5.74, 6) is 0.619. The van der Waals surface area contributed by atoms with Crippen molar-refractivity contribution < 1.29 is 0 Å². The summed E-state index contributed by atoms with van der Waals surface area (Å²) in [6.07, 6.45) is 3.58. The fraction of sp³-hybridized carbons (Fsp3) is 0.400. The lowest BCUT2D eigenvalue weighted by Crippen LogP contribution is -2.22. The molecule has 1 atom stereocenters. The molecule has 0 aliphatic heterocycles. The van der Waals surface area contributed by atoms with Gasteiger partial charge in [-0.25, -0.2) is 0 Å². The van der Waals surface area contributed by atoms with E-state index in [1.165, 1.54) is 24.0 Å². The molecule has 0 bridgehead atoms. The molecule has 0 fully saturated rings. The van der Waals surface area contributed by atoms with Crippen LogP contribution in [0.4, 0.5) is 0 Å². The molecule has 2 rings (SSSR count). The molecule has 0 aromatic heterocycles. The van der Waals surface area contributed by atoms with Gasteiger partial charge >= 0.3 is 0 Å². The Balaban J connectivity index is 2.16. The van der Waals surface area contributed by atoms with Gasteiger partial charge in [-0.05, 0) is 35.3 Å². The zero-order chi connectivity index (χ0) is 14.4. The van der Waals surface area contributed by atoms with E-state index in [0.29, 0.717) is 11.3 Å². The maximum Gasteiger partial charge on any atom is -0.0108 e. The van der Waals surface area contributed by atoms with Crippen LogP contribution in [-0.2, 0) is 6.42 Å². The SMILES string of the molecule is CCC(C)(C)C(CCc1ccccc1)c1ccccc1. The Labute approximate surface area is 123 Å². The predicted molar refractivity (Wildman–Crippen MR) is 88.0 cm³/mol. The highest BCUT2D eigenvalue weighted by atomic mass is 14.3. The van der Waals surface area contributed by atoms with Crippen molar-refractivity contribution in [1.82, 2.24) is 0 Å². The van der Waals surface area contributed by atoms with Crippen molar-refractivity contribution in [1.29, 1.82) is 0 Å². The molecule has 20 heavy (non-hydrogen) atoms. The minimum atomic E-state index is 0.343. The van der Waals surface area contributed by atoms with E-state index in [1.807, 2.05) is 0 Å². The summed E-state index contributed by atoms with van der Waals surface area (Å²) in [6, 6.07) is 21.8. The average molecular weight is 266 g/mol. The van der Waals surface area contributed by atoms with Gasteiger partial charge in [-0.3, -0.25) is 0 Å². The van der Waals surface area contributed by atoms with Gasteiger partial charge in [0.15, 0.2) is 0 Å². The molecule has 0 heteroatoms. The molecule has 0 N–H and O–H groups in total. The second-order valence-corrected chi connectivity index (χ2v) is 6.33. The van der Waals surface area contributed by atoms with Gasteiger partial charge in [0.25, 0.3) is 0 Å². The van der Waals surface area contributed by atoms with Crippen molar-refractivity contribution in [2.24, 2.45) is 5.41 Å². The second-order valence-electron chi connectivity index (χ2n) is 6.33. The maximum atomic E-state index is 2.40. The van der Waals surface area contributed by atoms with Crippen molar-refractivity contribution in [2.75, 3.05) is 0 Å². The summed E-state index contributed by atoms with van der Waals surface area (Å²) < 4.78 is 0. The van der Waals surface area contributed by atoms with Crippen LogP contribution in [0.1, 0.15) is 50.7 Å². The highest BCUT2D eigenvalue weighted by Crippen LogP contribution is 2.41. The molecule has 0 nitrogen and oxygen atoms in total. The third kappa shape index (κ3) is 3.72. The first-order valence-corrected chi connectivity index (χ1v) is 7.72. The molecular weight excluding hydrogens is 240 g/mol. The van der Waals surface area contributed by atoms with Crippen LogP contribution in [0.5, 0.6) is 0 Å². The fourth-order valence-electron chi connectivity index (χ4n) is 2.90. The zero-order valence-corrected chi connectivity index (χ0v) is 13.0. The first-order valence-electron chi connectivity index (χ1n) is 7.72. The number of aryl methyl sites for hydroxylation is 1. The summed E-state index contributed by atoms with van der Waals surface area (Å²) in [7, 11) is 0. The predicted octanol–water partition coefficient (Wildman–Crippen LogP) is 5.84. The van der Waals surface area contributed by atoms with Crippen molar-refractivity contribution in [3.05, 3.63) is 71.8 Å². The summed E-state index contributed by atoms with van der Waals surface area (Å²) in [5.41, 5.74) is 3.27. The normalized spacial score (nSPS) is 13.2. The smallest absolute Gasteiger partial charge is 0.0108 e. The molecule has 0 saturated carbocycles. The molecule has 0 radical (unpaired) electrons. The minimum absolute atomic E-state index is 0.343. The monoisotopic (exact) mass is 266 g/mol. The van der Waals surface area contributed by atoms with E-state index < -0.39 is 0 Å². The van der Waals surface area contributed by atoms with Crippen LogP contribution in [-0.4, -0.2) is 0 Å². The molecule has 1 unspecified atom stereocenters. The van der Waals surface area contributed by atoms with E-state index in [0.717, 1.165) is 6.42 Å². The van der Waals surface area contributed by atoms with Crippen LogP contribution in [0.25, 0.3) is 0 Å². The van der Waals surface area contributed by atoms with Gasteiger partial charge in [-0.15, -0.1) is 0 Å². The number of hydrogen-bond acceptors (Lipinski definition) is 0. The van der Waals surface area contributed by atoms with Gasteiger partial charge < -0.3 is 0 Å². The highest BCUT2D eigenvalue weighted by Gasteiger charge is 2.28. The van der Waals surface area contributed by atoms with E-state index in [4.69, 9.17) is 0 Å². The van der Waals surface area contributed by atoms with Gasteiger partial charge in [-0.1, -0.05) is 87.9 Å². The van der Waals surface area contributed by atoms with E-state index >= 15 is 0 Å². The van der Waals surface area contributed by atoms with Crippen LogP contribution in [0, 0.1) is 5.41 Å². The molecule has 0 amide bonds. The lowest BCUT2D eigenvalue weighted by Gasteiger charge is -2.34. The van der Waals surface area contributed by atoms with Crippen molar-refractivity contribution in [2.45, 2.75) is 46.0 Å². The average Bonchev–Trinajstić information content (AvgIpc) is 2.49. The first-order chi connectivity index (χ1) is 9.63. The molecule has 2 aromatic carbocycles. The maximum absolute atomic E-state index is 2.40. The van der Waals surface area contributed by atoms with Crippen molar-refractivity contribution in [3.8, 4) is 0 Å². The molecule has 2 aromatic rings. The van der Waals surface area contributed by atoms with E-state index in [2.05, 4.69) is 81.4 Å². The highest BCUT2D eigenvalue weighted by molar-refractivity contribution is 5.23. The van der Waals surface area contributed by atoms with Gasteiger partial charge in [-0.2, -0.15) is 0 Å². The molecule has 0 heterocycles. The van der Waals surface area contributed by atoms with E-state index in [9.17, 15) is 0 Å². The Hall–Kier alpha value is -1.56. The Kier molecular flexibility index (Phi) is 5.00. The van der Waals surface area contributed by atoms with Crippen molar-refractivity contribution in [3.63, 3.8) is 0 Å². The van der Waals surface area contributed by atoms with E-state index in [1.54, 1.807) is 0 Å². The quantitative estimate of drug-likeness (QED) is 0.616. The standard InChI is InChI=1S/C20H26/c1-4-20(2,3)19(18-13-9-6-10-14-18)16-15-17-11-7-5-8-12-17/h5-14,19H,4,15-16H2,1-3H3. The number of hydrogen-bond donors (Lipinski definition) is 0. The largest absolute Gasteiger partial charge is 0.0649 e. The van der Waals surface area contributed by atoms with Crippen LogP contribution >= 0.6 is 0 Å². The molecule has 0 spiro atoms. The van der Waals surface area contributed by atoms with Gasteiger partial charge in [0.2, 0.25) is 0 Å². The van der Waals surface area contributed by atoms with Gasteiger partial charge in [0.05, 0.1) is 0 Å². The summed E-state index contributed by atoms with van der Waals surface area (Å²) in [4.78, 5) is 0. The van der Waals surface area contributed by atoms with Gasteiger partial charge in [0.1, 0.15) is 0 Å². The topological polar surface area (TPSA) is 0 Å². The first kappa shape index (κ1) is 14.8. The van der Waals surface area contributed by atoms with Crippen LogP contribution < -0.4 is 0 Å². The van der Waals surface area contributed by atoms with Gasteiger partial charge in [0, 0.05) is 0 Å². The third-order valence-corrected chi connectivity index (χ3v) is 4.62. The summed E-state index contributed by atoms with van der Waals surface area (Å²) in [6.45, 7) is 7.10. The number of benzene rings is 2. The van der Waals surface area contributed by atoms with E-state index in [-0.39, 0.29) is 0 Å². The summed E-state index contributed by atoms with van der Waals surface area (Å²) >= 11 is 0. The lowest BCUT2D eigenvalue weighted by molar-refractivity contribution is 0.261. The fourth-order valence-corrected chi connectivity index (χ4v) is 2.90. The van der Waals surface area contributed by atoms with Crippen LogP contribution in [0.2, 0.25) is 0 Å².